The van der Waals surface area contributed by atoms with E-state index in [1.165, 1.54) is 25.2 Å². The first-order valence-corrected chi connectivity index (χ1v) is 8.25. The van der Waals surface area contributed by atoms with Crippen LogP contribution in [0.15, 0.2) is 36.4 Å². The molecule has 0 unspecified atom stereocenters. The number of Topliss-reactive ketones (excluding diaryl/α,β-unsaturated/α-hetero) is 1. The molecule has 0 saturated heterocycles. The third-order valence-electron chi connectivity index (χ3n) is 4.55. The molecular weight excluding hydrogens is 358 g/mol. The molecule has 3 rings (SSSR count). The van der Waals surface area contributed by atoms with Gasteiger partial charge in [0.2, 0.25) is 0 Å². The summed E-state index contributed by atoms with van der Waals surface area (Å²) in [7, 11) is 4.49. The number of rotatable bonds is 5. The van der Waals surface area contributed by atoms with E-state index >= 15 is 0 Å². The van der Waals surface area contributed by atoms with Crippen LogP contribution >= 0.6 is 11.6 Å². The Labute approximate surface area is 155 Å². The van der Waals surface area contributed by atoms with Crippen molar-refractivity contribution in [2.75, 3.05) is 26.2 Å². The molecule has 1 aliphatic rings. The highest BCUT2D eigenvalue weighted by Crippen LogP contribution is 2.43. The molecule has 0 radical (unpaired) electrons. The van der Waals surface area contributed by atoms with Crippen molar-refractivity contribution in [3.8, 4) is 11.5 Å². The van der Waals surface area contributed by atoms with Crippen LogP contribution in [-0.2, 0) is 10.4 Å². The van der Waals surface area contributed by atoms with Gasteiger partial charge < -0.3 is 19.5 Å². The number of fused-ring (bicyclic) bond motifs is 1. The fraction of sp³-hybridized carbons (Fsp3) is 0.263. The van der Waals surface area contributed by atoms with E-state index in [1.807, 2.05) is 0 Å². The van der Waals surface area contributed by atoms with E-state index in [1.54, 1.807) is 37.4 Å². The van der Waals surface area contributed by atoms with Gasteiger partial charge in [0, 0.05) is 23.7 Å². The lowest BCUT2D eigenvalue weighted by Gasteiger charge is -2.21. The fourth-order valence-electron chi connectivity index (χ4n) is 3.16. The molecule has 6 nitrogen and oxygen atoms in total. The number of carbonyl (C=O) groups is 2. The second kappa shape index (κ2) is 6.63. The molecule has 1 N–H and O–H groups in total. The highest BCUT2D eigenvalue weighted by atomic mass is 35.5. The minimum atomic E-state index is -1.98. The number of amides is 1. The Balaban J connectivity index is 2.00. The number of ketones is 1. The average molecular weight is 376 g/mol. The number of halogens is 1. The summed E-state index contributed by atoms with van der Waals surface area (Å²) in [5, 5.41) is 11.4. The van der Waals surface area contributed by atoms with E-state index in [0.29, 0.717) is 27.8 Å². The summed E-state index contributed by atoms with van der Waals surface area (Å²) in [5.41, 5.74) is -0.876. The lowest BCUT2D eigenvalue weighted by Crippen LogP contribution is -2.40. The monoisotopic (exact) mass is 375 g/mol. The zero-order chi connectivity index (χ0) is 19.1. The Hall–Kier alpha value is -2.57. The van der Waals surface area contributed by atoms with Crippen LogP contribution in [0.4, 0.5) is 5.69 Å². The molecule has 0 bridgehead atoms. The number of hydrogen-bond acceptors (Lipinski definition) is 5. The van der Waals surface area contributed by atoms with Gasteiger partial charge in [0.25, 0.3) is 5.91 Å². The van der Waals surface area contributed by atoms with Crippen molar-refractivity contribution in [3.05, 3.63) is 52.5 Å². The first kappa shape index (κ1) is 18.2. The van der Waals surface area contributed by atoms with Gasteiger partial charge in [-0.2, -0.15) is 0 Å². The van der Waals surface area contributed by atoms with Crippen LogP contribution in [0.1, 0.15) is 22.3 Å². The van der Waals surface area contributed by atoms with Gasteiger partial charge in [0.05, 0.1) is 31.9 Å². The van der Waals surface area contributed by atoms with Crippen molar-refractivity contribution >= 4 is 29.0 Å². The van der Waals surface area contributed by atoms with Crippen molar-refractivity contribution < 1.29 is 24.2 Å². The second-order valence-electron chi connectivity index (χ2n) is 6.05. The summed E-state index contributed by atoms with van der Waals surface area (Å²) in [6, 6.07) is 9.52. The van der Waals surface area contributed by atoms with E-state index < -0.39 is 23.7 Å². The summed E-state index contributed by atoms with van der Waals surface area (Å²) in [6.07, 6.45) is -0.424. The summed E-state index contributed by atoms with van der Waals surface area (Å²) in [6.45, 7) is 0. The third-order valence-corrected chi connectivity index (χ3v) is 4.78. The topological polar surface area (TPSA) is 76.1 Å². The predicted molar refractivity (Wildman–Crippen MR) is 97.3 cm³/mol. The lowest BCUT2D eigenvalue weighted by atomic mass is 9.88. The molecule has 1 amide bonds. The highest BCUT2D eigenvalue weighted by molar-refractivity contribution is 6.31. The van der Waals surface area contributed by atoms with Crippen LogP contribution < -0.4 is 14.4 Å². The number of ether oxygens (including phenoxy) is 2. The van der Waals surface area contributed by atoms with Gasteiger partial charge in [-0.15, -0.1) is 0 Å². The second-order valence-corrected chi connectivity index (χ2v) is 6.49. The Kier molecular flexibility index (Phi) is 4.64. The number of likely N-dealkylation sites (N-methyl/N-ethyl adjacent to an activating group) is 1. The van der Waals surface area contributed by atoms with Crippen molar-refractivity contribution in [3.63, 3.8) is 0 Å². The maximum absolute atomic E-state index is 12.8. The molecule has 0 aliphatic carbocycles. The van der Waals surface area contributed by atoms with Gasteiger partial charge in [-0.05, 0) is 30.3 Å². The first-order chi connectivity index (χ1) is 12.3. The van der Waals surface area contributed by atoms with Crippen molar-refractivity contribution in [2.24, 2.45) is 0 Å². The minimum absolute atomic E-state index is 0.257. The van der Waals surface area contributed by atoms with Gasteiger partial charge in [-0.25, -0.2) is 0 Å². The van der Waals surface area contributed by atoms with Gasteiger partial charge in [-0.3, -0.25) is 9.59 Å². The minimum Gasteiger partial charge on any atom is -0.497 e. The molecule has 0 spiro atoms. The van der Waals surface area contributed by atoms with E-state index in [4.69, 9.17) is 21.1 Å². The lowest BCUT2D eigenvalue weighted by molar-refractivity contribution is -0.135. The van der Waals surface area contributed by atoms with Crippen LogP contribution in [0.25, 0.3) is 0 Å². The number of benzene rings is 2. The summed E-state index contributed by atoms with van der Waals surface area (Å²) >= 11 is 6.02. The van der Waals surface area contributed by atoms with Crippen molar-refractivity contribution in [2.45, 2.75) is 12.0 Å². The largest absolute Gasteiger partial charge is 0.497 e. The van der Waals surface area contributed by atoms with Crippen LogP contribution in [0.2, 0.25) is 5.02 Å². The summed E-state index contributed by atoms with van der Waals surface area (Å²) < 4.78 is 10.4. The number of carbonyl (C=O) groups excluding carboxylic acids is 2. The maximum atomic E-state index is 12.8. The van der Waals surface area contributed by atoms with E-state index in [-0.39, 0.29) is 5.56 Å². The normalized spacial score (nSPS) is 18.7. The predicted octanol–water partition coefficient (Wildman–Crippen LogP) is 2.79. The first-order valence-electron chi connectivity index (χ1n) is 7.87. The third kappa shape index (κ3) is 2.81. The number of aliphatic hydroxyl groups is 1. The van der Waals surface area contributed by atoms with Gasteiger partial charge in [-0.1, -0.05) is 11.6 Å². The molecule has 1 aliphatic heterocycles. The molecule has 1 atom stereocenters. The molecule has 26 heavy (non-hydrogen) atoms. The van der Waals surface area contributed by atoms with Gasteiger partial charge >= 0.3 is 0 Å². The number of methoxy groups -OCH3 is 2. The highest BCUT2D eigenvalue weighted by Gasteiger charge is 2.50. The van der Waals surface area contributed by atoms with E-state index in [2.05, 4.69) is 0 Å². The molecular formula is C19H18ClNO5. The van der Waals surface area contributed by atoms with Crippen LogP contribution in [0.3, 0.4) is 0 Å². The van der Waals surface area contributed by atoms with Crippen molar-refractivity contribution in [1.82, 2.24) is 0 Å². The standard InChI is InChI=1S/C19H18ClNO5/c1-21-15-7-4-11(20)8-14(15)19(24,18(21)23)10-16(22)13-6-5-12(25-2)9-17(13)26-3/h4-9,24H,10H2,1-3H3/t19-/m1/s1. The quantitative estimate of drug-likeness (QED) is 0.813. The SMILES string of the molecule is COc1ccc(C(=O)C[C@]2(O)C(=O)N(C)c3ccc(Cl)cc32)c(OC)c1. The summed E-state index contributed by atoms with van der Waals surface area (Å²) in [4.78, 5) is 26.8. The Morgan fingerprint density at radius 3 is 2.58 bits per heavy atom. The van der Waals surface area contributed by atoms with Crippen molar-refractivity contribution in [1.29, 1.82) is 0 Å². The molecule has 1 heterocycles. The molecule has 2 aromatic carbocycles. The number of hydrogen-bond donors (Lipinski definition) is 1. The Morgan fingerprint density at radius 1 is 1.19 bits per heavy atom. The fourth-order valence-corrected chi connectivity index (χ4v) is 3.33. The molecule has 136 valence electrons. The van der Waals surface area contributed by atoms with Crippen LogP contribution in [0.5, 0.6) is 11.5 Å². The molecule has 0 aromatic heterocycles. The summed E-state index contributed by atoms with van der Waals surface area (Å²) in [5.74, 6) is -0.161. The Bertz CT molecular complexity index is 897. The van der Waals surface area contributed by atoms with E-state index in [0.717, 1.165) is 0 Å². The zero-order valence-corrected chi connectivity index (χ0v) is 15.3. The van der Waals surface area contributed by atoms with Gasteiger partial charge in [0.1, 0.15) is 11.5 Å². The average Bonchev–Trinajstić information content (AvgIpc) is 2.82. The smallest absolute Gasteiger partial charge is 0.263 e. The van der Waals surface area contributed by atoms with Crippen LogP contribution in [-0.4, -0.2) is 38.1 Å². The number of nitrogens with zero attached hydrogens (tertiary/aromatic N) is 1. The van der Waals surface area contributed by atoms with Crippen LogP contribution in [0, 0.1) is 0 Å². The Morgan fingerprint density at radius 2 is 1.92 bits per heavy atom. The van der Waals surface area contributed by atoms with E-state index in [9.17, 15) is 14.7 Å². The molecule has 0 saturated carbocycles. The molecule has 2 aromatic rings. The number of anilines is 1. The molecule has 0 fully saturated rings. The zero-order valence-electron chi connectivity index (χ0n) is 14.6. The molecule has 7 heteroatoms. The maximum Gasteiger partial charge on any atom is 0.263 e. The van der Waals surface area contributed by atoms with Gasteiger partial charge in [0.15, 0.2) is 11.4 Å².